The number of nitrogens with zero attached hydrogens (tertiary/aromatic N) is 1. The molecule has 2 heterocycles. The van der Waals surface area contributed by atoms with Gasteiger partial charge in [0.2, 0.25) is 0 Å². The van der Waals surface area contributed by atoms with Gasteiger partial charge in [0, 0.05) is 38.2 Å². The van der Waals surface area contributed by atoms with Crippen LogP contribution in [0.25, 0.3) is 82.6 Å². The highest BCUT2D eigenvalue weighted by atomic mass is 32.2. The summed E-state index contributed by atoms with van der Waals surface area (Å²) < 4.78 is 160. The molecule has 11 rings (SSSR count). The van der Waals surface area contributed by atoms with Crippen LogP contribution < -0.4 is 20.6 Å². The van der Waals surface area contributed by atoms with Crippen molar-refractivity contribution >= 4 is 84.0 Å². The Morgan fingerprint density at radius 1 is 0.415 bits per heavy atom. The number of hydrogen-bond acceptors (Lipinski definition) is 13. The first kappa shape index (κ1) is 55.3. The van der Waals surface area contributed by atoms with Gasteiger partial charge in [0.15, 0.2) is 11.3 Å². The Hall–Kier alpha value is -8.58. The third-order valence-corrected chi connectivity index (χ3v) is 17.6. The van der Waals surface area contributed by atoms with E-state index in [0.717, 1.165) is 28.8 Å². The molecule has 0 amide bonds. The molecule has 22 heteroatoms. The smallest absolute Gasteiger partial charge is 0.294 e. The van der Waals surface area contributed by atoms with E-state index >= 15 is 9.59 Å². The van der Waals surface area contributed by atoms with Crippen LogP contribution in [0, 0.1) is 0 Å². The summed E-state index contributed by atoms with van der Waals surface area (Å²) in [4.78, 5) is 29.7. The third kappa shape index (κ3) is 9.87. The summed E-state index contributed by atoms with van der Waals surface area (Å²) in [7, 11) is -18.8. The first-order valence-electron chi connectivity index (χ1n) is 25.0. The van der Waals surface area contributed by atoms with E-state index in [2.05, 4.69) is 0 Å². The molecule has 4 N–H and O–H groups in total. The van der Waals surface area contributed by atoms with Crippen LogP contribution in [0.5, 0.6) is 23.0 Å². The summed E-state index contributed by atoms with van der Waals surface area (Å²) in [6.07, 6.45) is 0. The molecule has 0 saturated heterocycles. The number of hydrogen-bond donors (Lipinski definition) is 4. The van der Waals surface area contributed by atoms with E-state index in [1.807, 2.05) is 45.9 Å². The monoisotopic (exact) mass is 1180 g/mol. The maximum absolute atomic E-state index is 15.8. The second-order valence-electron chi connectivity index (χ2n) is 20.0. The van der Waals surface area contributed by atoms with Gasteiger partial charge in [-0.05, 0) is 112 Å². The highest BCUT2D eigenvalue weighted by Gasteiger charge is 2.30. The zero-order valence-corrected chi connectivity index (χ0v) is 46.7. The summed E-state index contributed by atoms with van der Waals surface area (Å²) in [6, 6.07) is 38.8. The summed E-state index contributed by atoms with van der Waals surface area (Å²) in [5.74, 6) is -0.598. The number of fused-ring (bicyclic) bond motifs is 2. The van der Waals surface area contributed by atoms with E-state index in [1.54, 1.807) is 42.5 Å². The molecule has 0 radical (unpaired) electrons. The molecule has 0 aliphatic rings. The molecule has 416 valence electrons. The van der Waals surface area contributed by atoms with Crippen molar-refractivity contribution in [2.75, 3.05) is 0 Å². The SMILES string of the molecule is CC(C)c1cccc(C(C)C)c1-n1c(=O)c2cc(Oc3ccc(S(=O)(=O)O)cc3-c3ccc(S(=O)(=O)O)cc3)c3oc4ccccc4c4c(Oc5c(-c6ccc(S(=O)(=O)O)cc6)cccc5-c5ccc(S(=O)(=O)O)cc5)cc(c1=O)c2c34. The molecule has 0 fully saturated rings. The molecule has 0 aliphatic carbocycles. The third-order valence-electron chi connectivity index (χ3n) is 14.2. The number of pyridine rings is 1. The average molecular weight is 1180 g/mol. The van der Waals surface area contributed by atoms with Gasteiger partial charge in [-0.15, -0.1) is 0 Å². The maximum Gasteiger partial charge on any atom is 0.294 e. The summed E-state index contributed by atoms with van der Waals surface area (Å²) in [6.45, 7) is 7.71. The number of aromatic nitrogens is 1. The molecule has 11 aromatic rings. The van der Waals surface area contributed by atoms with E-state index in [9.17, 15) is 51.9 Å². The lowest BCUT2D eigenvalue weighted by molar-refractivity contribution is 0.474. The molecule has 82 heavy (non-hydrogen) atoms. The first-order valence-corrected chi connectivity index (χ1v) is 30.8. The quantitative estimate of drug-likeness (QED) is 0.0447. The van der Waals surface area contributed by atoms with Crippen LogP contribution in [0.15, 0.2) is 197 Å². The lowest BCUT2D eigenvalue weighted by atomic mass is 9.91. The second-order valence-corrected chi connectivity index (χ2v) is 25.6. The fraction of sp³-hybridized carbons (Fsp3) is 0.100. The van der Waals surface area contributed by atoms with Crippen LogP contribution in [0.3, 0.4) is 0 Å². The average Bonchev–Trinajstić information content (AvgIpc) is 2.09. The van der Waals surface area contributed by atoms with Gasteiger partial charge < -0.3 is 13.9 Å². The van der Waals surface area contributed by atoms with Gasteiger partial charge in [-0.1, -0.05) is 119 Å². The van der Waals surface area contributed by atoms with E-state index in [-0.39, 0.29) is 84.1 Å². The fourth-order valence-corrected chi connectivity index (χ4v) is 12.3. The Morgan fingerprint density at radius 3 is 1.33 bits per heavy atom. The van der Waals surface area contributed by atoms with Crippen LogP contribution in [0.1, 0.15) is 50.7 Å². The Bertz CT molecular complexity index is 4940. The van der Waals surface area contributed by atoms with E-state index in [4.69, 9.17) is 13.9 Å². The van der Waals surface area contributed by atoms with Crippen molar-refractivity contribution < 1.29 is 65.8 Å². The van der Waals surface area contributed by atoms with Crippen LogP contribution in [-0.2, 0) is 40.5 Å². The van der Waals surface area contributed by atoms with Gasteiger partial charge in [0.1, 0.15) is 22.8 Å². The van der Waals surface area contributed by atoms with Crippen LogP contribution in [-0.4, -0.2) is 56.4 Å². The van der Waals surface area contributed by atoms with Crippen LogP contribution in [0.2, 0.25) is 0 Å². The molecule has 18 nitrogen and oxygen atoms in total. The van der Waals surface area contributed by atoms with Crippen LogP contribution >= 0.6 is 0 Å². The number of benzene rings is 9. The molecular formula is C60H45NO17S4. The minimum absolute atomic E-state index is 0.00130. The van der Waals surface area contributed by atoms with Gasteiger partial charge >= 0.3 is 0 Å². The van der Waals surface area contributed by atoms with E-state index in [1.165, 1.54) is 78.9 Å². The van der Waals surface area contributed by atoms with Gasteiger partial charge in [0.25, 0.3) is 51.6 Å². The Labute approximate surface area is 468 Å². The molecular weight excluding hydrogens is 1130 g/mol. The Morgan fingerprint density at radius 2 is 0.854 bits per heavy atom. The zero-order valence-electron chi connectivity index (χ0n) is 43.4. The van der Waals surface area contributed by atoms with Crippen molar-refractivity contribution in [2.45, 2.75) is 59.1 Å². The van der Waals surface area contributed by atoms with Crippen molar-refractivity contribution in [2.24, 2.45) is 0 Å². The normalized spacial score (nSPS) is 12.6. The molecule has 0 saturated carbocycles. The molecule has 0 bridgehead atoms. The van der Waals surface area contributed by atoms with Crippen molar-refractivity contribution in [1.82, 2.24) is 4.57 Å². The zero-order chi connectivity index (χ0) is 58.5. The second kappa shape index (κ2) is 20.1. The topological polar surface area (TPSA) is 288 Å². The van der Waals surface area contributed by atoms with Crippen molar-refractivity contribution in [3.8, 4) is 62.1 Å². The van der Waals surface area contributed by atoms with Crippen molar-refractivity contribution in [3.05, 3.63) is 196 Å². The van der Waals surface area contributed by atoms with Crippen LogP contribution in [0.4, 0.5) is 0 Å². The van der Waals surface area contributed by atoms with Crippen molar-refractivity contribution in [3.63, 3.8) is 0 Å². The van der Waals surface area contributed by atoms with Gasteiger partial charge in [0.05, 0.1) is 36.0 Å². The minimum atomic E-state index is -4.87. The molecule has 9 aromatic carbocycles. The highest BCUT2D eigenvalue weighted by Crippen LogP contribution is 2.51. The first-order chi connectivity index (χ1) is 38.7. The molecule has 0 unspecified atom stereocenters. The molecule has 0 aliphatic heterocycles. The number of rotatable bonds is 14. The largest absolute Gasteiger partial charge is 0.455 e. The number of ether oxygens (including phenoxy) is 2. The Balaban J connectivity index is 1.28. The fourth-order valence-electron chi connectivity index (χ4n) is 10.3. The lowest BCUT2D eigenvalue weighted by Crippen LogP contribution is -2.34. The predicted molar refractivity (Wildman–Crippen MR) is 309 cm³/mol. The van der Waals surface area contributed by atoms with Gasteiger partial charge in [-0.2, -0.15) is 33.7 Å². The van der Waals surface area contributed by atoms with Gasteiger partial charge in [-0.3, -0.25) is 27.8 Å². The lowest BCUT2D eigenvalue weighted by Gasteiger charge is -2.23. The predicted octanol–water partition coefficient (Wildman–Crippen LogP) is 12.7. The summed E-state index contributed by atoms with van der Waals surface area (Å²) in [5, 5.41) is 0.882. The molecule has 0 spiro atoms. The summed E-state index contributed by atoms with van der Waals surface area (Å²) >= 11 is 0. The van der Waals surface area contributed by atoms with E-state index < -0.39 is 71.2 Å². The standard InChI is InChI=1S/C60H45NO17S4/c1-32(2)41-10-7-11-42(33(3)4)56(41)61-59(62)47-30-51(78-57-43(34-15-21-37(22-16-34)79(64,65)66)12-8-13-44(57)35-17-23-38(24-18-35)80(67,68)69)54-45-9-5-6-14-49(45)77-58-52(31-48(60(61)63)53(47)55(54)58)76-50-28-27-40(82(73,74)75)29-46(50)36-19-25-39(26-20-36)81(70,71)72/h5-33H,1-4H3,(H,64,65,66)(H,67,68,69)(H,70,71,72)(H,73,74,75). The Kier molecular flexibility index (Phi) is 13.6. The summed E-state index contributed by atoms with van der Waals surface area (Å²) in [5.41, 5.74) is 1.93. The van der Waals surface area contributed by atoms with Crippen molar-refractivity contribution in [1.29, 1.82) is 0 Å². The van der Waals surface area contributed by atoms with Gasteiger partial charge in [-0.25, -0.2) is 4.57 Å². The number of para-hydroxylation sites is 3. The molecule has 2 aromatic heterocycles. The molecule has 0 atom stereocenters. The maximum atomic E-state index is 15.8. The van der Waals surface area contributed by atoms with E-state index in [0.29, 0.717) is 44.5 Å². The highest BCUT2D eigenvalue weighted by molar-refractivity contribution is 7.86. The minimum Gasteiger partial charge on any atom is -0.455 e.